The Kier molecular flexibility index (Phi) is 12.8. The van der Waals surface area contributed by atoms with Crippen molar-refractivity contribution < 1.29 is 33.4 Å². The van der Waals surface area contributed by atoms with Crippen LogP contribution in [0.25, 0.3) is 22.0 Å². The van der Waals surface area contributed by atoms with E-state index in [1.54, 1.807) is 62.1 Å². The van der Waals surface area contributed by atoms with Crippen LogP contribution in [0.15, 0.2) is 47.5 Å². The monoisotopic (exact) mass is 766 g/mol. The minimum absolute atomic E-state index is 0.0952. The summed E-state index contributed by atoms with van der Waals surface area (Å²) in [5.74, 6) is -0.578. The lowest BCUT2D eigenvalue weighted by atomic mass is 10.0. The predicted molar refractivity (Wildman–Crippen MR) is 210 cm³/mol. The molecule has 14 heteroatoms. The van der Waals surface area contributed by atoms with Crippen LogP contribution < -0.4 is 25.7 Å². The molecule has 4 amide bonds. The van der Waals surface area contributed by atoms with Gasteiger partial charge in [-0.1, -0.05) is 44.6 Å². The Morgan fingerprint density at radius 1 is 0.857 bits per heavy atom. The highest BCUT2D eigenvalue weighted by Gasteiger charge is 2.44. The third-order valence-electron chi connectivity index (χ3n) is 10.8. The molecule has 0 spiro atoms. The Hall–Kier alpha value is -5.63. The van der Waals surface area contributed by atoms with Gasteiger partial charge in [-0.3, -0.25) is 43.7 Å². The maximum Gasteiger partial charge on any atom is 0.276 e. The van der Waals surface area contributed by atoms with Gasteiger partial charge in [0, 0.05) is 56.2 Å². The number of unbranched alkanes of at least 4 members (excludes halogenated alkanes) is 7. The molecule has 4 aromatic rings. The number of carbonyl (C=O) groups is 5. The van der Waals surface area contributed by atoms with Crippen molar-refractivity contribution in [2.45, 2.75) is 89.6 Å². The summed E-state index contributed by atoms with van der Waals surface area (Å²) in [5, 5.41) is 10.5. The standard InChI is InChI=1S/C42H50N6O8/c1-46-25-33(31-24-44-47(2)38(31)42(46)54)27-20-35(55-3)32(36(21-27)56-4)23-43-22-28(49)14-12-10-8-6-5-7-9-11-13-26-15-16-29-30(19-26)41(53)48(40(29)52)34-17-18-37(50)45-39(34)51/h15-16,19-21,24-25,34,43H,5-14,17-18,22-23H2,1-4H3,(H,45,50,51). The van der Waals surface area contributed by atoms with Crippen LogP contribution in [0.1, 0.15) is 102 Å². The van der Waals surface area contributed by atoms with E-state index in [1.165, 1.54) is 0 Å². The number of nitrogens with zero attached hydrogens (tertiary/aromatic N) is 4. The van der Waals surface area contributed by atoms with Crippen molar-refractivity contribution in [3.63, 3.8) is 0 Å². The molecule has 2 aliphatic rings. The van der Waals surface area contributed by atoms with Gasteiger partial charge in [0.05, 0.1) is 38.1 Å². The van der Waals surface area contributed by atoms with Gasteiger partial charge in [-0.15, -0.1) is 0 Å². The molecule has 6 rings (SSSR count). The Balaban J connectivity index is 0.867. The topological polar surface area (TPSA) is 171 Å². The Bertz CT molecular complexity index is 2200. The average molecular weight is 767 g/mol. The first kappa shape index (κ1) is 40.0. The smallest absolute Gasteiger partial charge is 0.276 e. The molecule has 1 atom stereocenters. The molecular weight excluding hydrogens is 716 g/mol. The molecule has 0 aliphatic carbocycles. The van der Waals surface area contributed by atoms with Crippen LogP contribution >= 0.6 is 0 Å². The number of aromatic nitrogens is 3. The molecule has 14 nitrogen and oxygen atoms in total. The number of carbonyl (C=O) groups excluding carboxylic acids is 5. The van der Waals surface area contributed by atoms with Gasteiger partial charge in [0.25, 0.3) is 17.4 Å². The third-order valence-corrected chi connectivity index (χ3v) is 10.8. The fourth-order valence-electron chi connectivity index (χ4n) is 7.72. The van der Waals surface area contributed by atoms with Crippen molar-refractivity contribution in [3.8, 4) is 22.6 Å². The van der Waals surface area contributed by atoms with Crippen LogP contribution in [0, 0.1) is 0 Å². The van der Waals surface area contributed by atoms with Crippen LogP contribution in [-0.2, 0) is 41.4 Å². The number of aryl methyl sites for hydroxylation is 3. The van der Waals surface area contributed by atoms with Crippen molar-refractivity contribution >= 4 is 40.3 Å². The van der Waals surface area contributed by atoms with E-state index in [4.69, 9.17) is 9.47 Å². The van der Waals surface area contributed by atoms with Crippen molar-refractivity contribution in [2.24, 2.45) is 14.1 Å². The van der Waals surface area contributed by atoms with E-state index in [0.717, 1.165) is 90.3 Å². The molecule has 296 valence electrons. The Labute approximate surface area is 325 Å². The first-order chi connectivity index (χ1) is 27.0. The lowest BCUT2D eigenvalue weighted by molar-refractivity contribution is -0.136. The number of nitrogens with one attached hydrogen (secondary N) is 2. The summed E-state index contributed by atoms with van der Waals surface area (Å²) in [6.07, 6.45) is 13.3. The molecule has 2 N–H and O–H groups in total. The summed E-state index contributed by atoms with van der Waals surface area (Å²) in [6, 6.07) is 8.18. The van der Waals surface area contributed by atoms with Gasteiger partial charge in [0.1, 0.15) is 28.8 Å². The fourth-order valence-corrected chi connectivity index (χ4v) is 7.72. The number of pyridine rings is 1. The number of rotatable bonds is 19. The van der Waals surface area contributed by atoms with Gasteiger partial charge < -0.3 is 19.4 Å². The summed E-state index contributed by atoms with van der Waals surface area (Å²) in [4.78, 5) is 76.2. The number of ketones is 1. The maximum atomic E-state index is 13.1. The van der Waals surface area contributed by atoms with E-state index in [2.05, 4.69) is 15.7 Å². The SMILES string of the molecule is COc1cc(-c2cn(C)c(=O)c3c2cnn3C)cc(OC)c1CNCC(=O)CCCCCCCCCCc1ccc2c(c1)C(=O)N(C1CCC(=O)NC1=O)C2=O. The van der Waals surface area contributed by atoms with E-state index in [-0.39, 0.29) is 30.7 Å². The number of Topliss-reactive ketones (excluding diaryl/α,β-unsaturated/α-hetero) is 1. The Morgan fingerprint density at radius 3 is 2.20 bits per heavy atom. The molecule has 4 heterocycles. The number of benzene rings is 2. The summed E-state index contributed by atoms with van der Waals surface area (Å²) in [7, 11) is 6.65. The zero-order valence-electron chi connectivity index (χ0n) is 32.6. The second kappa shape index (κ2) is 17.9. The molecule has 2 aliphatic heterocycles. The van der Waals surface area contributed by atoms with E-state index in [0.29, 0.717) is 41.1 Å². The number of methoxy groups -OCH3 is 2. The normalized spacial score (nSPS) is 15.4. The highest BCUT2D eigenvalue weighted by atomic mass is 16.5. The van der Waals surface area contributed by atoms with Gasteiger partial charge in [-0.25, -0.2) is 0 Å². The zero-order valence-corrected chi connectivity index (χ0v) is 32.6. The maximum absolute atomic E-state index is 13.1. The molecule has 0 radical (unpaired) electrons. The second-order valence-corrected chi connectivity index (χ2v) is 14.6. The number of hydrogen-bond acceptors (Lipinski definition) is 10. The van der Waals surface area contributed by atoms with Crippen molar-refractivity contribution in [2.75, 3.05) is 20.8 Å². The lowest BCUT2D eigenvalue weighted by Gasteiger charge is -2.27. The number of fused-ring (bicyclic) bond motifs is 2. The van der Waals surface area contributed by atoms with Gasteiger partial charge in [0.15, 0.2) is 0 Å². The number of imide groups is 2. The fraction of sp³-hybridized carbons (Fsp3) is 0.452. The van der Waals surface area contributed by atoms with Gasteiger partial charge >= 0.3 is 0 Å². The largest absolute Gasteiger partial charge is 0.496 e. The molecule has 56 heavy (non-hydrogen) atoms. The quantitative estimate of drug-likeness (QED) is 0.100. The first-order valence-corrected chi connectivity index (χ1v) is 19.4. The molecule has 1 saturated heterocycles. The van der Waals surface area contributed by atoms with Gasteiger partial charge in [-0.2, -0.15) is 5.10 Å². The molecule has 0 saturated carbocycles. The summed E-state index contributed by atoms with van der Waals surface area (Å²) in [5.41, 5.74) is 4.45. The molecule has 1 unspecified atom stereocenters. The van der Waals surface area contributed by atoms with Crippen LogP contribution in [0.5, 0.6) is 11.5 Å². The molecular formula is C42H50N6O8. The van der Waals surface area contributed by atoms with E-state index < -0.39 is 29.7 Å². The predicted octanol–water partition coefficient (Wildman–Crippen LogP) is 4.77. The van der Waals surface area contributed by atoms with E-state index in [9.17, 15) is 28.8 Å². The number of hydrogen-bond donors (Lipinski definition) is 2. The molecule has 0 bridgehead atoms. The zero-order chi connectivity index (χ0) is 39.9. The summed E-state index contributed by atoms with van der Waals surface area (Å²) < 4.78 is 14.6. The van der Waals surface area contributed by atoms with Gasteiger partial charge in [0.2, 0.25) is 11.8 Å². The number of piperidine rings is 1. The molecule has 2 aromatic heterocycles. The Morgan fingerprint density at radius 2 is 1.52 bits per heavy atom. The summed E-state index contributed by atoms with van der Waals surface area (Å²) in [6.45, 7) is 0.638. The van der Waals surface area contributed by atoms with Crippen LogP contribution in [-0.4, -0.2) is 75.5 Å². The van der Waals surface area contributed by atoms with Crippen molar-refractivity contribution in [3.05, 3.63) is 75.3 Å². The van der Waals surface area contributed by atoms with E-state index in [1.807, 2.05) is 18.2 Å². The number of amides is 4. The minimum Gasteiger partial charge on any atom is -0.496 e. The van der Waals surface area contributed by atoms with Crippen LogP contribution in [0.3, 0.4) is 0 Å². The molecule has 2 aromatic carbocycles. The summed E-state index contributed by atoms with van der Waals surface area (Å²) >= 11 is 0. The van der Waals surface area contributed by atoms with Crippen molar-refractivity contribution in [1.29, 1.82) is 0 Å². The molecule has 1 fully saturated rings. The van der Waals surface area contributed by atoms with E-state index >= 15 is 0 Å². The average Bonchev–Trinajstić information content (AvgIpc) is 3.69. The minimum atomic E-state index is -0.959. The highest BCUT2D eigenvalue weighted by Crippen LogP contribution is 2.37. The number of ether oxygens (including phenoxy) is 2. The second-order valence-electron chi connectivity index (χ2n) is 14.6. The van der Waals surface area contributed by atoms with Crippen molar-refractivity contribution in [1.82, 2.24) is 29.9 Å². The van der Waals surface area contributed by atoms with Gasteiger partial charge in [-0.05, 0) is 61.1 Å². The third kappa shape index (κ3) is 8.60. The van der Waals surface area contributed by atoms with Crippen LogP contribution in [0.2, 0.25) is 0 Å². The lowest BCUT2D eigenvalue weighted by Crippen LogP contribution is -2.54. The first-order valence-electron chi connectivity index (χ1n) is 19.4. The van der Waals surface area contributed by atoms with Crippen LogP contribution in [0.4, 0.5) is 0 Å². The highest BCUT2D eigenvalue weighted by molar-refractivity contribution is 6.23.